The number of nitrogens with zero attached hydrogens (tertiary/aromatic N) is 1. The van der Waals surface area contributed by atoms with E-state index < -0.39 is 11.9 Å². The van der Waals surface area contributed by atoms with Crippen molar-refractivity contribution in [3.63, 3.8) is 0 Å². The molecule has 0 saturated heterocycles. The number of rotatable bonds is 5. The molecule has 0 aliphatic rings. The highest BCUT2D eigenvalue weighted by Crippen LogP contribution is 1.90. The lowest BCUT2D eigenvalue weighted by molar-refractivity contribution is -0.146. The van der Waals surface area contributed by atoms with Gasteiger partial charge in [-0.1, -0.05) is 0 Å². The van der Waals surface area contributed by atoms with Crippen LogP contribution in [0.25, 0.3) is 0 Å². The van der Waals surface area contributed by atoms with Crippen LogP contribution < -0.4 is 0 Å². The predicted molar refractivity (Wildman–Crippen MR) is 46.5 cm³/mol. The second-order valence-electron chi connectivity index (χ2n) is 2.67. The van der Waals surface area contributed by atoms with Crippen molar-refractivity contribution in [3.05, 3.63) is 0 Å². The van der Waals surface area contributed by atoms with Crippen LogP contribution in [-0.2, 0) is 19.1 Å². The fourth-order valence-electron chi connectivity index (χ4n) is 0.811. The van der Waals surface area contributed by atoms with Crippen LogP contribution in [0.15, 0.2) is 0 Å². The Hall–Kier alpha value is -1.59. The van der Waals surface area contributed by atoms with Crippen LogP contribution in [0, 0.1) is 0 Å². The van der Waals surface area contributed by atoms with Gasteiger partial charge >= 0.3 is 11.9 Å². The van der Waals surface area contributed by atoms with Gasteiger partial charge in [0.05, 0.1) is 6.54 Å². The lowest BCUT2D eigenvalue weighted by Gasteiger charge is -2.17. The highest BCUT2D eigenvalue weighted by molar-refractivity contribution is 5.79. The molecular weight excluding hydrogens is 190 g/mol. The normalized spacial score (nSPS) is 9.29. The second kappa shape index (κ2) is 5.95. The third kappa shape index (κ3) is 5.99. The molecule has 6 nitrogen and oxygen atoms in total. The zero-order chi connectivity index (χ0) is 11.1. The molecule has 0 unspecified atom stereocenters. The molecule has 0 fully saturated rings. The molecule has 0 aliphatic heterocycles. The summed E-state index contributed by atoms with van der Waals surface area (Å²) in [5.74, 6) is -1.91. The minimum absolute atomic E-state index is 0.0161. The zero-order valence-electron chi connectivity index (χ0n) is 8.15. The van der Waals surface area contributed by atoms with E-state index in [1.54, 1.807) is 0 Å². The number of ether oxygens (including phenoxy) is 1. The maximum absolute atomic E-state index is 10.9. The van der Waals surface area contributed by atoms with Gasteiger partial charge in [0.15, 0.2) is 0 Å². The van der Waals surface area contributed by atoms with E-state index in [1.807, 2.05) is 0 Å². The molecule has 0 aliphatic carbocycles. The Morgan fingerprint density at radius 1 is 1.29 bits per heavy atom. The number of carbonyl (C=O) groups is 3. The molecule has 0 aromatic heterocycles. The SMILES string of the molecule is CC(=O)OCCN(CC(=O)O)C(C)=O. The maximum atomic E-state index is 10.9. The molecule has 0 heterocycles. The zero-order valence-corrected chi connectivity index (χ0v) is 8.15. The molecule has 0 aromatic carbocycles. The van der Waals surface area contributed by atoms with Crippen LogP contribution in [0.3, 0.4) is 0 Å². The van der Waals surface area contributed by atoms with Crippen LogP contribution in [0.1, 0.15) is 13.8 Å². The van der Waals surface area contributed by atoms with Gasteiger partial charge in [-0.2, -0.15) is 0 Å². The van der Waals surface area contributed by atoms with Crippen molar-refractivity contribution in [2.24, 2.45) is 0 Å². The van der Waals surface area contributed by atoms with Crippen LogP contribution >= 0.6 is 0 Å². The summed E-state index contributed by atoms with van der Waals surface area (Å²) in [6, 6.07) is 0. The van der Waals surface area contributed by atoms with Crippen molar-refractivity contribution < 1.29 is 24.2 Å². The largest absolute Gasteiger partial charge is 0.480 e. The summed E-state index contributed by atoms with van der Waals surface area (Å²) in [4.78, 5) is 32.7. The van der Waals surface area contributed by atoms with Crippen molar-refractivity contribution in [1.82, 2.24) is 4.90 Å². The fourth-order valence-corrected chi connectivity index (χ4v) is 0.811. The summed E-state index contributed by atoms with van der Waals surface area (Å²) in [7, 11) is 0. The molecule has 0 atom stereocenters. The maximum Gasteiger partial charge on any atom is 0.323 e. The van der Waals surface area contributed by atoms with E-state index in [0.717, 1.165) is 4.90 Å². The van der Waals surface area contributed by atoms with Crippen LogP contribution in [0.2, 0.25) is 0 Å². The van der Waals surface area contributed by atoms with Gasteiger partial charge in [-0.25, -0.2) is 0 Å². The Balaban J connectivity index is 3.91. The second-order valence-corrected chi connectivity index (χ2v) is 2.67. The Morgan fingerprint density at radius 3 is 2.21 bits per heavy atom. The quantitative estimate of drug-likeness (QED) is 0.608. The molecule has 0 aromatic rings. The standard InChI is InChI=1S/C8H13NO5/c1-6(10)9(5-8(12)13)3-4-14-7(2)11/h3-5H2,1-2H3,(H,12,13). The molecule has 6 heteroatoms. The number of carboxylic acids is 1. The molecule has 0 spiro atoms. The first kappa shape index (κ1) is 12.4. The van der Waals surface area contributed by atoms with Crippen LogP contribution in [0.4, 0.5) is 0 Å². The van der Waals surface area contributed by atoms with E-state index in [2.05, 4.69) is 4.74 Å². The molecule has 1 amide bonds. The molecular formula is C8H13NO5. The van der Waals surface area contributed by atoms with Gasteiger partial charge in [0, 0.05) is 13.8 Å². The Kier molecular flexibility index (Phi) is 5.28. The summed E-state index contributed by atoms with van der Waals surface area (Å²) in [5.41, 5.74) is 0. The average Bonchev–Trinajstić information content (AvgIpc) is 2.00. The van der Waals surface area contributed by atoms with Crippen LogP contribution in [-0.4, -0.2) is 47.5 Å². The van der Waals surface area contributed by atoms with Gasteiger partial charge in [0.1, 0.15) is 13.2 Å². The minimum atomic E-state index is -1.09. The van der Waals surface area contributed by atoms with Gasteiger partial charge in [-0.15, -0.1) is 0 Å². The summed E-state index contributed by atoms with van der Waals surface area (Å²) in [5, 5.41) is 8.44. The van der Waals surface area contributed by atoms with E-state index in [4.69, 9.17) is 5.11 Å². The summed E-state index contributed by atoms with van der Waals surface area (Å²) in [6.07, 6.45) is 0. The minimum Gasteiger partial charge on any atom is -0.480 e. The highest BCUT2D eigenvalue weighted by atomic mass is 16.5. The van der Waals surface area contributed by atoms with E-state index in [1.165, 1.54) is 13.8 Å². The molecule has 0 saturated carbocycles. The lowest BCUT2D eigenvalue weighted by Crippen LogP contribution is -2.36. The molecule has 0 rings (SSSR count). The monoisotopic (exact) mass is 203 g/mol. The summed E-state index contributed by atoms with van der Waals surface area (Å²) < 4.78 is 4.58. The summed E-state index contributed by atoms with van der Waals surface area (Å²) >= 11 is 0. The highest BCUT2D eigenvalue weighted by Gasteiger charge is 2.12. The number of amides is 1. The number of hydrogen-bond acceptors (Lipinski definition) is 4. The van der Waals surface area contributed by atoms with E-state index in [0.29, 0.717) is 0 Å². The lowest BCUT2D eigenvalue weighted by atomic mass is 10.4. The Labute approximate surface area is 81.4 Å². The van der Waals surface area contributed by atoms with Crippen molar-refractivity contribution in [2.75, 3.05) is 19.7 Å². The van der Waals surface area contributed by atoms with Crippen molar-refractivity contribution in [1.29, 1.82) is 0 Å². The number of carbonyl (C=O) groups excluding carboxylic acids is 2. The molecule has 80 valence electrons. The smallest absolute Gasteiger partial charge is 0.323 e. The van der Waals surface area contributed by atoms with Crippen molar-refractivity contribution in [2.45, 2.75) is 13.8 Å². The molecule has 1 N–H and O–H groups in total. The topological polar surface area (TPSA) is 83.9 Å². The van der Waals surface area contributed by atoms with E-state index in [9.17, 15) is 14.4 Å². The van der Waals surface area contributed by atoms with Crippen LogP contribution in [0.5, 0.6) is 0 Å². The van der Waals surface area contributed by atoms with Crippen molar-refractivity contribution in [3.8, 4) is 0 Å². The molecule has 0 radical (unpaired) electrons. The van der Waals surface area contributed by atoms with Gasteiger partial charge in [-0.05, 0) is 0 Å². The van der Waals surface area contributed by atoms with Gasteiger partial charge in [0.25, 0.3) is 0 Å². The van der Waals surface area contributed by atoms with Gasteiger partial charge in [0.2, 0.25) is 5.91 Å². The van der Waals surface area contributed by atoms with Gasteiger partial charge < -0.3 is 14.7 Å². The average molecular weight is 203 g/mol. The first-order chi connectivity index (χ1) is 6.43. The molecule has 14 heavy (non-hydrogen) atoms. The number of carboxylic acid groups (broad SMARTS) is 1. The number of aliphatic carboxylic acids is 1. The first-order valence-electron chi connectivity index (χ1n) is 4.04. The van der Waals surface area contributed by atoms with Gasteiger partial charge in [-0.3, -0.25) is 14.4 Å². The molecule has 0 bridgehead atoms. The Morgan fingerprint density at radius 2 is 1.86 bits per heavy atom. The number of esters is 1. The number of hydrogen-bond donors (Lipinski definition) is 1. The first-order valence-corrected chi connectivity index (χ1v) is 4.04. The fraction of sp³-hybridized carbons (Fsp3) is 0.625. The van der Waals surface area contributed by atoms with E-state index >= 15 is 0 Å². The third-order valence-corrected chi connectivity index (χ3v) is 1.44. The van der Waals surface area contributed by atoms with E-state index in [-0.39, 0.29) is 25.6 Å². The summed E-state index contributed by atoms with van der Waals surface area (Å²) in [6.45, 7) is 2.24. The van der Waals surface area contributed by atoms with Crippen molar-refractivity contribution >= 4 is 17.8 Å². The Bertz CT molecular complexity index is 238. The third-order valence-electron chi connectivity index (χ3n) is 1.44. The predicted octanol–water partition coefficient (Wildman–Crippen LogP) is -0.517.